The minimum atomic E-state index is 0.468. The van der Waals surface area contributed by atoms with E-state index in [4.69, 9.17) is 4.74 Å². The van der Waals surface area contributed by atoms with E-state index in [2.05, 4.69) is 55.1 Å². The van der Waals surface area contributed by atoms with Gasteiger partial charge in [-0.15, -0.1) is 0 Å². The maximum atomic E-state index is 5.63. The van der Waals surface area contributed by atoms with Crippen LogP contribution in [0, 0.1) is 11.8 Å². The number of ether oxygens (including phenoxy) is 1. The molecule has 1 heterocycles. The Labute approximate surface area is 136 Å². The molecule has 1 saturated heterocycles. The Bertz CT molecular complexity index is 331. The van der Waals surface area contributed by atoms with Gasteiger partial charge in [0.25, 0.3) is 0 Å². The summed E-state index contributed by atoms with van der Waals surface area (Å²) in [5, 5.41) is 6.90. The Balaban J connectivity index is 2.22. The molecule has 0 aromatic carbocycles. The normalized spacial score (nSPS) is 23.5. The lowest BCUT2D eigenvalue weighted by molar-refractivity contribution is 0.128. The number of likely N-dealkylation sites (tertiary alicyclic amines) is 1. The topological polar surface area (TPSA) is 48.9 Å². The Morgan fingerprint density at radius 1 is 1.23 bits per heavy atom. The first-order valence-electron chi connectivity index (χ1n) is 8.73. The highest BCUT2D eigenvalue weighted by atomic mass is 16.5. The van der Waals surface area contributed by atoms with Crippen LogP contribution in [0.5, 0.6) is 0 Å². The van der Waals surface area contributed by atoms with Crippen molar-refractivity contribution in [1.29, 1.82) is 0 Å². The second kappa shape index (κ2) is 10.1. The minimum Gasteiger partial charge on any atom is -0.380 e. The molecule has 130 valence electrons. The average Bonchev–Trinajstić information content (AvgIpc) is 2.82. The first-order valence-corrected chi connectivity index (χ1v) is 8.73. The summed E-state index contributed by atoms with van der Waals surface area (Å²) in [5.41, 5.74) is 0. The average molecular weight is 313 g/mol. The molecule has 2 atom stereocenters. The third-order valence-corrected chi connectivity index (χ3v) is 4.29. The molecule has 0 aromatic heterocycles. The maximum absolute atomic E-state index is 5.63. The molecule has 0 amide bonds. The number of guanidine groups is 1. The number of nitrogens with zero attached hydrogens (tertiary/aromatic N) is 2. The SMILES string of the molecule is CN=C(NCCOCCC(C)C)NC1CN(C(C)C)CC1C. The van der Waals surface area contributed by atoms with Crippen molar-refractivity contribution in [3.8, 4) is 0 Å². The zero-order valence-corrected chi connectivity index (χ0v) is 15.4. The number of hydrogen-bond donors (Lipinski definition) is 2. The summed E-state index contributed by atoms with van der Waals surface area (Å²) in [6.07, 6.45) is 1.12. The van der Waals surface area contributed by atoms with Crippen LogP contribution >= 0.6 is 0 Å². The summed E-state index contributed by atoms with van der Waals surface area (Å²) in [4.78, 5) is 6.84. The molecule has 0 aromatic rings. The molecule has 2 unspecified atom stereocenters. The zero-order valence-electron chi connectivity index (χ0n) is 15.4. The van der Waals surface area contributed by atoms with Gasteiger partial charge < -0.3 is 15.4 Å². The van der Waals surface area contributed by atoms with Crippen LogP contribution in [0.4, 0.5) is 0 Å². The zero-order chi connectivity index (χ0) is 16.5. The van der Waals surface area contributed by atoms with Gasteiger partial charge in [0.05, 0.1) is 6.61 Å². The van der Waals surface area contributed by atoms with E-state index >= 15 is 0 Å². The van der Waals surface area contributed by atoms with Crippen LogP contribution in [0.1, 0.15) is 41.0 Å². The third kappa shape index (κ3) is 6.97. The summed E-state index contributed by atoms with van der Waals surface area (Å²) in [5.74, 6) is 2.23. The van der Waals surface area contributed by atoms with E-state index in [0.29, 0.717) is 23.9 Å². The predicted octanol–water partition coefficient (Wildman–Crippen LogP) is 1.94. The lowest BCUT2D eigenvalue weighted by Crippen LogP contribution is -2.47. The number of rotatable bonds is 8. The Morgan fingerprint density at radius 3 is 2.50 bits per heavy atom. The summed E-state index contributed by atoms with van der Waals surface area (Å²) in [6.45, 7) is 15.9. The predicted molar refractivity (Wildman–Crippen MR) is 94.4 cm³/mol. The summed E-state index contributed by atoms with van der Waals surface area (Å²) in [6, 6.07) is 1.08. The van der Waals surface area contributed by atoms with E-state index in [1.807, 2.05) is 7.05 Å². The molecule has 0 bridgehead atoms. The molecule has 22 heavy (non-hydrogen) atoms. The first-order chi connectivity index (χ1) is 10.4. The van der Waals surface area contributed by atoms with E-state index in [-0.39, 0.29) is 0 Å². The van der Waals surface area contributed by atoms with Gasteiger partial charge in [0.2, 0.25) is 0 Å². The molecule has 1 aliphatic heterocycles. The van der Waals surface area contributed by atoms with Crippen molar-refractivity contribution in [3.05, 3.63) is 0 Å². The smallest absolute Gasteiger partial charge is 0.191 e. The van der Waals surface area contributed by atoms with Crippen molar-refractivity contribution in [2.75, 3.05) is 39.9 Å². The monoisotopic (exact) mass is 312 g/mol. The highest BCUT2D eigenvalue weighted by molar-refractivity contribution is 5.80. The van der Waals surface area contributed by atoms with Crippen LogP contribution < -0.4 is 10.6 Å². The molecular formula is C17H36N4O. The van der Waals surface area contributed by atoms with Gasteiger partial charge in [-0.1, -0.05) is 20.8 Å². The molecule has 0 radical (unpaired) electrons. The second-order valence-electron chi connectivity index (χ2n) is 7.07. The van der Waals surface area contributed by atoms with Gasteiger partial charge in [0.15, 0.2) is 5.96 Å². The molecule has 0 aliphatic carbocycles. The van der Waals surface area contributed by atoms with E-state index in [0.717, 1.165) is 45.2 Å². The van der Waals surface area contributed by atoms with Gasteiger partial charge in [0, 0.05) is 45.4 Å². The Kier molecular flexibility index (Phi) is 8.79. The lowest BCUT2D eigenvalue weighted by atomic mass is 10.1. The molecule has 1 fully saturated rings. The number of hydrogen-bond acceptors (Lipinski definition) is 3. The third-order valence-electron chi connectivity index (χ3n) is 4.29. The van der Waals surface area contributed by atoms with Crippen LogP contribution in [0.15, 0.2) is 4.99 Å². The number of aliphatic imine (C=N–C) groups is 1. The first kappa shape index (κ1) is 19.2. The van der Waals surface area contributed by atoms with E-state index < -0.39 is 0 Å². The summed E-state index contributed by atoms with van der Waals surface area (Å²) in [7, 11) is 1.83. The van der Waals surface area contributed by atoms with Gasteiger partial charge >= 0.3 is 0 Å². The molecule has 5 heteroatoms. The van der Waals surface area contributed by atoms with Crippen molar-refractivity contribution in [2.24, 2.45) is 16.8 Å². The molecule has 5 nitrogen and oxygen atoms in total. The molecule has 1 rings (SSSR count). The van der Waals surface area contributed by atoms with Crippen molar-refractivity contribution in [3.63, 3.8) is 0 Å². The molecule has 1 aliphatic rings. The fourth-order valence-corrected chi connectivity index (χ4v) is 2.65. The largest absolute Gasteiger partial charge is 0.380 e. The van der Waals surface area contributed by atoms with Gasteiger partial charge in [-0.05, 0) is 32.1 Å². The van der Waals surface area contributed by atoms with Crippen LogP contribution in [0.25, 0.3) is 0 Å². The fourth-order valence-electron chi connectivity index (χ4n) is 2.65. The van der Waals surface area contributed by atoms with Gasteiger partial charge in [-0.25, -0.2) is 0 Å². The van der Waals surface area contributed by atoms with Crippen LogP contribution in [-0.2, 0) is 4.74 Å². The summed E-state index contributed by atoms with van der Waals surface area (Å²) >= 11 is 0. The number of nitrogens with one attached hydrogen (secondary N) is 2. The van der Waals surface area contributed by atoms with Gasteiger partial charge in [-0.3, -0.25) is 9.89 Å². The summed E-state index contributed by atoms with van der Waals surface area (Å²) < 4.78 is 5.63. The van der Waals surface area contributed by atoms with Crippen LogP contribution in [0.3, 0.4) is 0 Å². The van der Waals surface area contributed by atoms with Gasteiger partial charge in [0.1, 0.15) is 0 Å². The van der Waals surface area contributed by atoms with E-state index in [1.54, 1.807) is 0 Å². The second-order valence-corrected chi connectivity index (χ2v) is 7.07. The van der Waals surface area contributed by atoms with Crippen LogP contribution in [0.2, 0.25) is 0 Å². The van der Waals surface area contributed by atoms with Gasteiger partial charge in [-0.2, -0.15) is 0 Å². The van der Waals surface area contributed by atoms with Crippen molar-refractivity contribution in [1.82, 2.24) is 15.5 Å². The fraction of sp³-hybridized carbons (Fsp3) is 0.941. The van der Waals surface area contributed by atoms with Crippen molar-refractivity contribution < 1.29 is 4.74 Å². The van der Waals surface area contributed by atoms with Crippen LogP contribution in [-0.4, -0.2) is 62.8 Å². The maximum Gasteiger partial charge on any atom is 0.191 e. The minimum absolute atomic E-state index is 0.468. The highest BCUT2D eigenvalue weighted by Crippen LogP contribution is 2.18. The molecular weight excluding hydrogens is 276 g/mol. The Hall–Kier alpha value is -0.810. The molecule has 0 spiro atoms. The quantitative estimate of drug-likeness (QED) is 0.408. The van der Waals surface area contributed by atoms with Crippen molar-refractivity contribution in [2.45, 2.75) is 53.1 Å². The molecule has 2 N–H and O–H groups in total. The standard InChI is InChI=1S/C17H36N4O/c1-13(2)7-9-22-10-8-19-17(18-6)20-16-12-21(14(3)4)11-15(16)5/h13-16H,7-12H2,1-6H3,(H2,18,19,20). The van der Waals surface area contributed by atoms with E-state index in [9.17, 15) is 0 Å². The lowest BCUT2D eigenvalue weighted by Gasteiger charge is -2.22. The van der Waals surface area contributed by atoms with Crippen molar-refractivity contribution >= 4 is 5.96 Å². The Morgan fingerprint density at radius 2 is 1.95 bits per heavy atom. The van der Waals surface area contributed by atoms with E-state index in [1.165, 1.54) is 0 Å². The highest BCUT2D eigenvalue weighted by Gasteiger charge is 2.31. The molecule has 0 saturated carbocycles.